The van der Waals surface area contributed by atoms with Crippen molar-refractivity contribution in [3.8, 4) is 0 Å². The highest BCUT2D eigenvalue weighted by atomic mass is 16.5. The van der Waals surface area contributed by atoms with Crippen molar-refractivity contribution >= 4 is 28.5 Å². The highest BCUT2D eigenvalue weighted by Crippen LogP contribution is 2.23. The van der Waals surface area contributed by atoms with Crippen LogP contribution in [0.3, 0.4) is 0 Å². The van der Waals surface area contributed by atoms with Crippen molar-refractivity contribution in [2.75, 3.05) is 11.9 Å². The van der Waals surface area contributed by atoms with Crippen LogP contribution in [-0.4, -0.2) is 33.2 Å². The number of benzene rings is 1. The second-order valence-electron chi connectivity index (χ2n) is 6.51. The molecule has 1 N–H and O–H groups in total. The number of amides is 1. The lowest BCUT2D eigenvalue weighted by atomic mass is 10.0. The van der Waals surface area contributed by atoms with E-state index in [1.165, 1.54) is 0 Å². The van der Waals surface area contributed by atoms with Crippen LogP contribution < -0.4 is 5.32 Å². The number of aryl methyl sites for hydroxylation is 4. The Morgan fingerprint density at radius 1 is 1.11 bits per heavy atom. The summed E-state index contributed by atoms with van der Waals surface area (Å²) in [5.41, 5.74) is 4.77. The summed E-state index contributed by atoms with van der Waals surface area (Å²) in [7, 11) is 1.80. The van der Waals surface area contributed by atoms with Gasteiger partial charge in [-0.15, -0.1) is 0 Å². The molecule has 0 aliphatic heterocycles. The molecule has 2 aromatic heterocycles. The summed E-state index contributed by atoms with van der Waals surface area (Å²) in [5.74, 6) is -0.968. The van der Waals surface area contributed by atoms with Gasteiger partial charge in [0, 0.05) is 12.4 Å². The van der Waals surface area contributed by atoms with Gasteiger partial charge in [-0.3, -0.25) is 14.5 Å². The molecule has 1 amide bonds. The first-order valence-corrected chi connectivity index (χ1v) is 8.62. The van der Waals surface area contributed by atoms with Crippen LogP contribution >= 0.6 is 0 Å². The second kappa shape index (κ2) is 7.19. The van der Waals surface area contributed by atoms with Crippen LogP contribution in [0.2, 0.25) is 0 Å². The minimum absolute atomic E-state index is 0.377. The topological polar surface area (TPSA) is 86.1 Å². The van der Waals surface area contributed by atoms with Crippen LogP contribution in [0.15, 0.2) is 24.3 Å². The number of hydrogen-bond acceptors (Lipinski definition) is 5. The smallest absolute Gasteiger partial charge is 0.340 e. The summed E-state index contributed by atoms with van der Waals surface area (Å²) in [6.07, 6.45) is 0. The molecule has 0 aliphatic rings. The van der Waals surface area contributed by atoms with E-state index < -0.39 is 11.9 Å². The van der Waals surface area contributed by atoms with E-state index in [1.54, 1.807) is 18.7 Å². The van der Waals surface area contributed by atoms with Crippen LogP contribution in [-0.2, 0) is 16.6 Å². The van der Waals surface area contributed by atoms with Crippen molar-refractivity contribution in [2.24, 2.45) is 7.05 Å². The van der Waals surface area contributed by atoms with E-state index in [0.29, 0.717) is 22.6 Å². The molecule has 0 bridgehead atoms. The summed E-state index contributed by atoms with van der Waals surface area (Å²) in [5, 5.41) is 7.88. The molecule has 0 aliphatic carbocycles. The molecule has 3 aromatic rings. The Labute approximate surface area is 157 Å². The number of pyridine rings is 1. The Balaban J connectivity index is 1.74. The summed E-state index contributed by atoms with van der Waals surface area (Å²) >= 11 is 0. The maximum Gasteiger partial charge on any atom is 0.340 e. The molecule has 0 atom stereocenters. The number of carbonyl (C=O) groups is 2. The first kappa shape index (κ1) is 18.6. The fraction of sp³-hybridized carbons (Fsp3) is 0.300. The van der Waals surface area contributed by atoms with Crippen molar-refractivity contribution in [1.82, 2.24) is 14.8 Å². The van der Waals surface area contributed by atoms with Crippen LogP contribution in [0.4, 0.5) is 5.69 Å². The van der Waals surface area contributed by atoms with E-state index in [-0.39, 0.29) is 6.61 Å². The van der Waals surface area contributed by atoms with Gasteiger partial charge in [-0.2, -0.15) is 5.10 Å². The molecule has 7 nitrogen and oxygen atoms in total. The van der Waals surface area contributed by atoms with Crippen molar-refractivity contribution in [3.05, 3.63) is 52.5 Å². The number of rotatable bonds is 4. The minimum atomic E-state index is -0.557. The molecule has 0 fully saturated rings. The van der Waals surface area contributed by atoms with Crippen molar-refractivity contribution in [1.29, 1.82) is 0 Å². The Morgan fingerprint density at radius 3 is 2.48 bits per heavy atom. The molecule has 3 rings (SSSR count). The maximum atomic E-state index is 12.6. The normalized spacial score (nSPS) is 10.9. The first-order chi connectivity index (χ1) is 12.8. The predicted molar refractivity (Wildman–Crippen MR) is 103 cm³/mol. The van der Waals surface area contributed by atoms with Gasteiger partial charge in [-0.1, -0.05) is 18.2 Å². The monoisotopic (exact) mass is 366 g/mol. The molecule has 2 heterocycles. The van der Waals surface area contributed by atoms with E-state index in [1.807, 2.05) is 45.0 Å². The van der Waals surface area contributed by atoms with Gasteiger partial charge in [0.05, 0.1) is 33.8 Å². The van der Waals surface area contributed by atoms with Gasteiger partial charge in [0.15, 0.2) is 6.61 Å². The van der Waals surface area contributed by atoms with E-state index in [0.717, 1.165) is 22.2 Å². The molecule has 27 heavy (non-hydrogen) atoms. The number of carbonyl (C=O) groups excluding carboxylic acids is 2. The highest BCUT2D eigenvalue weighted by Gasteiger charge is 2.19. The quantitative estimate of drug-likeness (QED) is 0.718. The lowest BCUT2D eigenvalue weighted by molar-refractivity contribution is -0.119. The highest BCUT2D eigenvalue weighted by molar-refractivity contribution is 6.00. The molecular formula is C20H22N4O3. The van der Waals surface area contributed by atoms with Crippen LogP contribution in [0.5, 0.6) is 0 Å². The fourth-order valence-electron chi connectivity index (χ4n) is 3.16. The van der Waals surface area contributed by atoms with E-state index in [9.17, 15) is 9.59 Å². The number of anilines is 1. The third-order valence-electron chi connectivity index (χ3n) is 4.64. The number of hydrogen-bond donors (Lipinski definition) is 1. The second-order valence-corrected chi connectivity index (χ2v) is 6.51. The number of nitrogens with one attached hydrogen (secondary N) is 1. The number of ether oxygens (including phenoxy) is 1. The van der Waals surface area contributed by atoms with E-state index >= 15 is 0 Å². The summed E-state index contributed by atoms with van der Waals surface area (Å²) < 4.78 is 6.93. The zero-order chi connectivity index (χ0) is 19.7. The van der Waals surface area contributed by atoms with E-state index in [4.69, 9.17) is 4.74 Å². The van der Waals surface area contributed by atoms with Crippen LogP contribution in [0.25, 0.3) is 10.9 Å². The molecule has 140 valence electrons. The van der Waals surface area contributed by atoms with Crippen LogP contribution in [0.1, 0.15) is 33.0 Å². The Morgan fingerprint density at radius 2 is 1.81 bits per heavy atom. The molecule has 0 unspecified atom stereocenters. The van der Waals surface area contributed by atoms with Crippen molar-refractivity contribution in [3.63, 3.8) is 0 Å². The van der Waals surface area contributed by atoms with Gasteiger partial charge < -0.3 is 10.1 Å². The molecule has 1 aromatic carbocycles. The van der Waals surface area contributed by atoms with Gasteiger partial charge in [0.2, 0.25) is 0 Å². The average molecular weight is 366 g/mol. The number of fused-ring (bicyclic) bond motifs is 1. The summed E-state index contributed by atoms with van der Waals surface area (Å²) in [4.78, 5) is 29.2. The standard InChI is InChI=1S/C20H22N4O3/c1-11-15-8-6-7-9-16(15)21-12(2)18(11)20(26)27-10-17(25)22-19-13(3)23-24(5)14(19)4/h6-9H,10H2,1-5H3,(H,22,25). The molecule has 7 heteroatoms. The molecule has 0 radical (unpaired) electrons. The first-order valence-electron chi connectivity index (χ1n) is 8.62. The molecular weight excluding hydrogens is 344 g/mol. The predicted octanol–water partition coefficient (Wildman–Crippen LogP) is 3.00. The molecule has 0 spiro atoms. The lowest BCUT2D eigenvalue weighted by Gasteiger charge is -2.12. The zero-order valence-electron chi connectivity index (χ0n) is 16.1. The van der Waals surface area contributed by atoms with Gasteiger partial charge >= 0.3 is 5.97 Å². The van der Waals surface area contributed by atoms with Gasteiger partial charge in [-0.05, 0) is 39.3 Å². The number of esters is 1. The fourth-order valence-corrected chi connectivity index (χ4v) is 3.16. The zero-order valence-corrected chi connectivity index (χ0v) is 16.1. The maximum absolute atomic E-state index is 12.6. The Kier molecular flexibility index (Phi) is 4.94. The van der Waals surface area contributed by atoms with Crippen molar-refractivity contribution < 1.29 is 14.3 Å². The minimum Gasteiger partial charge on any atom is -0.452 e. The van der Waals surface area contributed by atoms with E-state index in [2.05, 4.69) is 15.4 Å². The van der Waals surface area contributed by atoms with Crippen LogP contribution in [0, 0.1) is 27.7 Å². The number of aromatic nitrogens is 3. The largest absolute Gasteiger partial charge is 0.452 e. The third kappa shape index (κ3) is 3.53. The number of nitrogens with zero attached hydrogens (tertiary/aromatic N) is 3. The third-order valence-corrected chi connectivity index (χ3v) is 4.64. The van der Waals surface area contributed by atoms with Gasteiger partial charge in [0.1, 0.15) is 0 Å². The molecule has 0 saturated heterocycles. The van der Waals surface area contributed by atoms with Gasteiger partial charge in [0.25, 0.3) is 5.91 Å². The lowest BCUT2D eigenvalue weighted by Crippen LogP contribution is -2.22. The SMILES string of the molecule is Cc1nn(C)c(C)c1NC(=O)COC(=O)c1c(C)nc2ccccc2c1C. The van der Waals surface area contributed by atoms with Crippen molar-refractivity contribution in [2.45, 2.75) is 27.7 Å². The average Bonchev–Trinajstić information content (AvgIpc) is 2.86. The Hall–Kier alpha value is -3.22. The molecule has 0 saturated carbocycles. The summed E-state index contributed by atoms with van der Waals surface area (Å²) in [6, 6.07) is 7.61. The Bertz CT molecular complexity index is 1050. The van der Waals surface area contributed by atoms with Gasteiger partial charge in [-0.25, -0.2) is 4.79 Å². The summed E-state index contributed by atoms with van der Waals surface area (Å²) in [6.45, 7) is 6.91. The number of para-hydroxylation sites is 1.